The molecule has 0 fully saturated rings. The van der Waals surface area contributed by atoms with Crippen LogP contribution in [0.1, 0.15) is 34.6 Å². The summed E-state index contributed by atoms with van der Waals surface area (Å²) < 4.78 is 23.9. The van der Waals surface area contributed by atoms with Crippen molar-refractivity contribution in [2.75, 3.05) is 13.2 Å². The maximum atomic E-state index is 13.5. The number of hydrazine groups is 1. The van der Waals surface area contributed by atoms with Gasteiger partial charge in [0.05, 0.1) is 17.7 Å². The van der Waals surface area contributed by atoms with Crippen LogP contribution in [0.3, 0.4) is 0 Å². The molecule has 0 spiro atoms. The minimum absolute atomic E-state index is 0.223. The highest BCUT2D eigenvalue weighted by atomic mass is 19.1. The Morgan fingerprint density at radius 3 is 2.32 bits per heavy atom. The Morgan fingerprint density at radius 1 is 1.00 bits per heavy atom. The number of hydrogen-bond acceptors (Lipinski definition) is 5. The normalized spacial score (nSPS) is 10.3. The monoisotopic (exact) mass is 388 g/mol. The van der Waals surface area contributed by atoms with E-state index in [1.807, 2.05) is 24.7 Å². The Balaban J connectivity index is 1.77. The van der Waals surface area contributed by atoms with E-state index in [-0.39, 0.29) is 11.1 Å². The lowest BCUT2D eigenvalue weighted by molar-refractivity contribution is -0.125. The van der Waals surface area contributed by atoms with Crippen molar-refractivity contribution in [1.82, 2.24) is 10.9 Å². The van der Waals surface area contributed by atoms with Crippen molar-refractivity contribution in [1.29, 1.82) is 0 Å². The molecule has 2 rings (SSSR count). The number of ether oxygens (including phenoxy) is 2. The van der Waals surface area contributed by atoms with Gasteiger partial charge in [-0.15, -0.1) is 0 Å². The Kier molecular flexibility index (Phi) is 7.50. The van der Waals surface area contributed by atoms with Crippen molar-refractivity contribution >= 4 is 17.8 Å². The summed E-state index contributed by atoms with van der Waals surface area (Å²) in [4.78, 5) is 35.4. The maximum absolute atomic E-state index is 13.5. The first kappa shape index (κ1) is 20.9. The molecule has 0 radical (unpaired) electrons. The topological polar surface area (TPSA) is 93.7 Å². The summed E-state index contributed by atoms with van der Waals surface area (Å²) in [5, 5.41) is 0. The fourth-order valence-electron chi connectivity index (χ4n) is 2.04. The molecule has 0 bridgehead atoms. The summed E-state index contributed by atoms with van der Waals surface area (Å²) in [5.41, 5.74) is 4.12. The number of hydrogen-bond donors (Lipinski definition) is 2. The summed E-state index contributed by atoms with van der Waals surface area (Å²) in [6, 6.07) is 11.6. The molecule has 28 heavy (non-hydrogen) atoms. The van der Waals surface area contributed by atoms with Gasteiger partial charge in [-0.3, -0.25) is 20.4 Å². The Hall–Kier alpha value is -3.42. The van der Waals surface area contributed by atoms with Crippen molar-refractivity contribution in [3.63, 3.8) is 0 Å². The first-order valence-electron chi connectivity index (χ1n) is 8.60. The first-order valence-corrected chi connectivity index (χ1v) is 8.60. The molecule has 2 aromatic carbocycles. The van der Waals surface area contributed by atoms with Crippen molar-refractivity contribution in [2.24, 2.45) is 5.92 Å². The molecule has 0 aliphatic carbocycles. The third kappa shape index (κ3) is 6.39. The zero-order valence-corrected chi connectivity index (χ0v) is 15.5. The molecule has 0 aliphatic heterocycles. The van der Waals surface area contributed by atoms with Crippen LogP contribution < -0.4 is 15.6 Å². The lowest BCUT2D eigenvalue weighted by Crippen LogP contribution is -2.43. The van der Waals surface area contributed by atoms with E-state index in [0.29, 0.717) is 18.3 Å². The first-order chi connectivity index (χ1) is 13.4. The highest BCUT2D eigenvalue weighted by molar-refractivity contribution is 5.96. The van der Waals surface area contributed by atoms with E-state index in [1.165, 1.54) is 30.3 Å². The smallest absolute Gasteiger partial charge is 0.338 e. The van der Waals surface area contributed by atoms with Crippen LogP contribution in [0.4, 0.5) is 4.39 Å². The lowest BCUT2D eigenvalue weighted by Gasteiger charge is -2.10. The molecule has 2 amide bonds. The Morgan fingerprint density at radius 2 is 1.68 bits per heavy atom. The molecular weight excluding hydrogens is 367 g/mol. The van der Waals surface area contributed by atoms with E-state index in [1.54, 1.807) is 12.1 Å². The summed E-state index contributed by atoms with van der Waals surface area (Å²) in [6.45, 7) is 4.00. The Bertz CT molecular complexity index is 837. The van der Waals surface area contributed by atoms with Crippen LogP contribution in [-0.4, -0.2) is 31.0 Å². The van der Waals surface area contributed by atoms with Crippen LogP contribution in [0.15, 0.2) is 48.5 Å². The van der Waals surface area contributed by atoms with Gasteiger partial charge in [0, 0.05) is 0 Å². The van der Waals surface area contributed by atoms with Gasteiger partial charge in [0.1, 0.15) is 11.6 Å². The van der Waals surface area contributed by atoms with Gasteiger partial charge in [0.2, 0.25) is 0 Å². The second-order valence-electron chi connectivity index (χ2n) is 6.29. The molecule has 0 aromatic heterocycles. The Labute approximate surface area is 161 Å². The lowest BCUT2D eigenvalue weighted by atomic mass is 10.2. The van der Waals surface area contributed by atoms with Crippen molar-refractivity contribution in [3.8, 4) is 5.75 Å². The number of amides is 2. The molecule has 0 unspecified atom stereocenters. The number of rotatable bonds is 7. The van der Waals surface area contributed by atoms with Crippen molar-refractivity contribution in [2.45, 2.75) is 13.8 Å². The van der Waals surface area contributed by atoms with Crippen LogP contribution in [0.2, 0.25) is 0 Å². The van der Waals surface area contributed by atoms with Gasteiger partial charge in [-0.25, -0.2) is 9.18 Å². The zero-order chi connectivity index (χ0) is 20.5. The average molecular weight is 388 g/mol. The fraction of sp³-hybridized carbons (Fsp3) is 0.250. The number of carbonyl (C=O) groups excluding carboxylic acids is 3. The van der Waals surface area contributed by atoms with Crippen molar-refractivity contribution in [3.05, 3.63) is 65.5 Å². The molecular formula is C20H21FN2O5. The van der Waals surface area contributed by atoms with Crippen LogP contribution in [0.25, 0.3) is 0 Å². The number of carbonyl (C=O) groups is 3. The minimum atomic E-state index is -0.824. The second kappa shape index (κ2) is 10.1. The molecule has 0 saturated heterocycles. The molecule has 148 valence electrons. The molecule has 2 N–H and O–H groups in total. The van der Waals surface area contributed by atoms with Crippen LogP contribution in [0, 0.1) is 11.7 Å². The van der Waals surface area contributed by atoms with Gasteiger partial charge in [-0.2, -0.15) is 0 Å². The van der Waals surface area contributed by atoms with Crippen LogP contribution in [-0.2, 0) is 9.53 Å². The molecule has 7 nitrogen and oxygen atoms in total. The zero-order valence-electron chi connectivity index (χ0n) is 15.5. The quantitative estimate of drug-likeness (QED) is 0.561. The van der Waals surface area contributed by atoms with E-state index in [2.05, 4.69) is 0 Å². The van der Waals surface area contributed by atoms with E-state index in [0.717, 1.165) is 6.07 Å². The second-order valence-corrected chi connectivity index (χ2v) is 6.29. The highest BCUT2D eigenvalue weighted by Crippen LogP contribution is 2.14. The summed E-state index contributed by atoms with van der Waals surface area (Å²) >= 11 is 0. The molecule has 0 heterocycles. The maximum Gasteiger partial charge on any atom is 0.338 e. The number of nitrogens with one attached hydrogen (secondary N) is 2. The van der Waals surface area contributed by atoms with Gasteiger partial charge in [-0.05, 0) is 42.3 Å². The largest absolute Gasteiger partial charge is 0.493 e. The average Bonchev–Trinajstić information content (AvgIpc) is 2.69. The van der Waals surface area contributed by atoms with Gasteiger partial charge >= 0.3 is 5.97 Å². The standard InChI is InChI=1S/C20H21FN2O5/c1-13(2)11-27-15-9-7-14(8-10-15)20(26)28-12-18(24)22-23-19(25)16-5-3-4-6-17(16)21/h3-10,13H,11-12H2,1-2H3,(H,22,24)(H,23,25). The highest BCUT2D eigenvalue weighted by Gasteiger charge is 2.13. The van der Waals surface area contributed by atoms with E-state index < -0.39 is 30.2 Å². The third-order valence-corrected chi connectivity index (χ3v) is 3.44. The molecule has 2 aromatic rings. The molecule has 0 saturated carbocycles. The van der Waals surface area contributed by atoms with Gasteiger partial charge < -0.3 is 9.47 Å². The molecule has 0 atom stereocenters. The fourth-order valence-corrected chi connectivity index (χ4v) is 2.04. The van der Waals surface area contributed by atoms with E-state index in [4.69, 9.17) is 9.47 Å². The van der Waals surface area contributed by atoms with E-state index in [9.17, 15) is 18.8 Å². The van der Waals surface area contributed by atoms with Gasteiger partial charge in [0.25, 0.3) is 11.8 Å². The van der Waals surface area contributed by atoms with Gasteiger partial charge in [0.15, 0.2) is 6.61 Å². The predicted molar refractivity (Wildman–Crippen MR) is 99.1 cm³/mol. The van der Waals surface area contributed by atoms with Gasteiger partial charge in [-0.1, -0.05) is 26.0 Å². The van der Waals surface area contributed by atoms with Crippen LogP contribution in [0.5, 0.6) is 5.75 Å². The number of halogens is 1. The van der Waals surface area contributed by atoms with Crippen molar-refractivity contribution < 1.29 is 28.2 Å². The summed E-state index contributed by atoms with van der Waals surface area (Å²) in [5.74, 6) is -2.02. The number of esters is 1. The summed E-state index contributed by atoms with van der Waals surface area (Å²) in [7, 11) is 0. The molecule has 0 aliphatic rings. The molecule has 8 heteroatoms. The van der Waals surface area contributed by atoms with E-state index >= 15 is 0 Å². The minimum Gasteiger partial charge on any atom is -0.493 e. The number of benzene rings is 2. The predicted octanol–water partition coefficient (Wildman–Crippen LogP) is 2.48. The third-order valence-electron chi connectivity index (χ3n) is 3.44. The van der Waals surface area contributed by atoms with Crippen LogP contribution >= 0.6 is 0 Å². The SMILES string of the molecule is CC(C)COc1ccc(C(=O)OCC(=O)NNC(=O)c2ccccc2F)cc1. The summed E-state index contributed by atoms with van der Waals surface area (Å²) in [6.07, 6.45) is 0.